The molecule has 3 rings (SSSR count). The molecule has 128 valence electrons. The number of benzene rings is 1. The van der Waals surface area contributed by atoms with Gasteiger partial charge in [0.1, 0.15) is 0 Å². The fourth-order valence-electron chi connectivity index (χ4n) is 3.10. The summed E-state index contributed by atoms with van der Waals surface area (Å²) in [5.41, 5.74) is 1.88. The minimum absolute atomic E-state index is 0.0627. The Kier molecular flexibility index (Phi) is 5.30. The smallest absolute Gasteiger partial charge is 0.220 e. The molecule has 2 heterocycles. The zero-order chi connectivity index (χ0) is 16.9. The van der Waals surface area contributed by atoms with Gasteiger partial charge in [0.05, 0.1) is 5.69 Å². The lowest BCUT2D eigenvalue weighted by Crippen LogP contribution is -2.50. The summed E-state index contributed by atoms with van der Waals surface area (Å²) < 4.78 is 5.86. The summed E-state index contributed by atoms with van der Waals surface area (Å²) in [5, 5.41) is 6.45. The molecule has 1 fully saturated rings. The van der Waals surface area contributed by atoms with Crippen LogP contribution in [0, 0.1) is 12.8 Å². The molecular formula is C19H25N3O2. The standard InChI is InChI=1S/C19H25N3O2/c1-13-10-11-20-12-16(13)22-17(23)8-9-18-21-14(2)19(24-18)15-6-4-3-5-7-15/h3-7,13,16,20H,8-12H2,1-2H3,(H,22,23). The second kappa shape index (κ2) is 7.62. The highest BCUT2D eigenvalue weighted by molar-refractivity contribution is 5.76. The predicted octanol–water partition coefficient (Wildman–Crippen LogP) is 2.70. The van der Waals surface area contributed by atoms with Gasteiger partial charge in [-0.1, -0.05) is 37.3 Å². The van der Waals surface area contributed by atoms with Crippen LogP contribution in [0.25, 0.3) is 11.3 Å². The van der Waals surface area contributed by atoms with Gasteiger partial charge >= 0.3 is 0 Å². The molecule has 1 aromatic carbocycles. The van der Waals surface area contributed by atoms with Gasteiger partial charge in [-0.2, -0.15) is 0 Å². The second-order valence-electron chi connectivity index (χ2n) is 6.53. The second-order valence-corrected chi connectivity index (χ2v) is 6.53. The lowest BCUT2D eigenvalue weighted by molar-refractivity contribution is -0.122. The van der Waals surface area contributed by atoms with Crippen molar-refractivity contribution in [1.29, 1.82) is 0 Å². The lowest BCUT2D eigenvalue weighted by Gasteiger charge is -2.30. The highest BCUT2D eigenvalue weighted by Crippen LogP contribution is 2.24. The van der Waals surface area contributed by atoms with Gasteiger partial charge in [0, 0.05) is 31.0 Å². The topological polar surface area (TPSA) is 67.2 Å². The van der Waals surface area contributed by atoms with E-state index in [0.29, 0.717) is 24.7 Å². The molecular weight excluding hydrogens is 302 g/mol. The third-order valence-corrected chi connectivity index (χ3v) is 4.62. The van der Waals surface area contributed by atoms with Crippen molar-refractivity contribution in [2.45, 2.75) is 39.2 Å². The molecule has 2 unspecified atom stereocenters. The number of nitrogens with one attached hydrogen (secondary N) is 2. The van der Waals surface area contributed by atoms with Crippen molar-refractivity contribution in [3.8, 4) is 11.3 Å². The van der Waals surface area contributed by atoms with Crippen LogP contribution in [-0.2, 0) is 11.2 Å². The SMILES string of the molecule is Cc1nc(CCC(=O)NC2CNCCC2C)oc1-c1ccccc1. The average molecular weight is 327 g/mol. The van der Waals surface area contributed by atoms with Crippen LogP contribution in [0.4, 0.5) is 0 Å². The van der Waals surface area contributed by atoms with Gasteiger partial charge in [-0.15, -0.1) is 0 Å². The van der Waals surface area contributed by atoms with Crippen LogP contribution in [-0.4, -0.2) is 30.0 Å². The molecule has 0 saturated carbocycles. The van der Waals surface area contributed by atoms with Gasteiger partial charge in [-0.25, -0.2) is 4.98 Å². The molecule has 24 heavy (non-hydrogen) atoms. The van der Waals surface area contributed by atoms with E-state index in [1.165, 1.54) is 0 Å². The van der Waals surface area contributed by atoms with Crippen LogP contribution in [0.1, 0.15) is 31.4 Å². The first-order chi connectivity index (χ1) is 11.6. The molecule has 0 radical (unpaired) electrons. The Morgan fingerprint density at radius 2 is 2.17 bits per heavy atom. The Hall–Kier alpha value is -2.14. The van der Waals surface area contributed by atoms with Gasteiger partial charge in [0.2, 0.25) is 5.91 Å². The van der Waals surface area contributed by atoms with Crippen LogP contribution < -0.4 is 10.6 Å². The first kappa shape index (κ1) is 16.7. The van der Waals surface area contributed by atoms with E-state index >= 15 is 0 Å². The first-order valence-electron chi connectivity index (χ1n) is 8.65. The van der Waals surface area contributed by atoms with Crippen LogP contribution in [0.15, 0.2) is 34.7 Å². The molecule has 1 saturated heterocycles. The van der Waals surface area contributed by atoms with Crippen molar-refractivity contribution in [3.63, 3.8) is 0 Å². The normalized spacial score (nSPS) is 20.8. The fraction of sp³-hybridized carbons (Fsp3) is 0.474. The number of nitrogens with zero attached hydrogens (tertiary/aromatic N) is 1. The summed E-state index contributed by atoms with van der Waals surface area (Å²) in [6, 6.07) is 10.1. The maximum atomic E-state index is 12.2. The summed E-state index contributed by atoms with van der Waals surface area (Å²) in [6.45, 7) is 6.01. The van der Waals surface area contributed by atoms with E-state index in [4.69, 9.17) is 4.42 Å². The third kappa shape index (κ3) is 4.03. The van der Waals surface area contributed by atoms with Gasteiger partial charge in [-0.05, 0) is 25.8 Å². The predicted molar refractivity (Wildman–Crippen MR) is 93.6 cm³/mol. The maximum absolute atomic E-state index is 12.2. The summed E-state index contributed by atoms with van der Waals surface area (Å²) in [4.78, 5) is 16.6. The van der Waals surface area contributed by atoms with Crippen molar-refractivity contribution in [3.05, 3.63) is 41.9 Å². The molecule has 0 aliphatic carbocycles. The highest BCUT2D eigenvalue weighted by atomic mass is 16.4. The molecule has 2 N–H and O–H groups in total. The van der Waals surface area contributed by atoms with E-state index in [2.05, 4.69) is 22.5 Å². The van der Waals surface area contributed by atoms with E-state index in [1.54, 1.807) is 0 Å². The first-order valence-corrected chi connectivity index (χ1v) is 8.65. The van der Waals surface area contributed by atoms with E-state index in [1.807, 2.05) is 37.3 Å². The van der Waals surface area contributed by atoms with Crippen LogP contribution in [0.2, 0.25) is 0 Å². The number of carbonyl (C=O) groups excluding carboxylic acids is 1. The van der Waals surface area contributed by atoms with E-state index in [0.717, 1.165) is 36.5 Å². The Morgan fingerprint density at radius 1 is 1.38 bits per heavy atom. The van der Waals surface area contributed by atoms with Crippen molar-refractivity contribution in [2.75, 3.05) is 13.1 Å². The summed E-state index contributed by atoms with van der Waals surface area (Å²) in [6.07, 6.45) is 2.02. The quantitative estimate of drug-likeness (QED) is 0.886. The molecule has 2 aromatic rings. The molecule has 5 nitrogen and oxygen atoms in total. The largest absolute Gasteiger partial charge is 0.440 e. The Labute approximate surface area is 142 Å². The number of piperidine rings is 1. The van der Waals surface area contributed by atoms with Crippen molar-refractivity contribution >= 4 is 5.91 Å². The van der Waals surface area contributed by atoms with E-state index < -0.39 is 0 Å². The minimum atomic E-state index is 0.0627. The molecule has 0 bridgehead atoms. The summed E-state index contributed by atoms with van der Waals surface area (Å²) in [7, 11) is 0. The third-order valence-electron chi connectivity index (χ3n) is 4.62. The number of oxazole rings is 1. The summed E-state index contributed by atoms with van der Waals surface area (Å²) >= 11 is 0. The Morgan fingerprint density at radius 3 is 2.92 bits per heavy atom. The van der Waals surface area contributed by atoms with Gasteiger partial charge in [0.25, 0.3) is 0 Å². The Bertz CT molecular complexity index is 681. The summed E-state index contributed by atoms with van der Waals surface area (Å²) in [5.74, 6) is 1.99. The number of carbonyl (C=O) groups is 1. The van der Waals surface area contributed by atoms with E-state index in [-0.39, 0.29) is 11.9 Å². The number of amides is 1. The van der Waals surface area contributed by atoms with Crippen molar-refractivity contribution in [1.82, 2.24) is 15.6 Å². The van der Waals surface area contributed by atoms with Crippen molar-refractivity contribution in [2.24, 2.45) is 5.92 Å². The molecule has 5 heteroatoms. The molecule has 2 atom stereocenters. The van der Waals surface area contributed by atoms with Crippen LogP contribution in [0.3, 0.4) is 0 Å². The number of hydrogen-bond acceptors (Lipinski definition) is 4. The van der Waals surface area contributed by atoms with Gasteiger partial charge in [0.15, 0.2) is 11.7 Å². The zero-order valence-electron chi connectivity index (χ0n) is 14.3. The van der Waals surface area contributed by atoms with Crippen LogP contribution in [0.5, 0.6) is 0 Å². The Balaban J connectivity index is 1.56. The number of aryl methyl sites for hydroxylation is 2. The highest BCUT2D eigenvalue weighted by Gasteiger charge is 2.22. The molecule has 1 aromatic heterocycles. The molecule has 1 aliphatic heterocycles. The van der Waals surface area contributed by atoms with Crippen LogP contribution >= 0.6 is 0 Å². The van der Waals surface area contributed by atoms with Gasteiger partial charge in [-0.3, -0.25) is 4.79 Å². The maximum Gasteiger partial charge on any atom is 0.220 e. The van der Waals surface area contributed by atoms with Crippen molar-refractivity contribution < 1.29 is 9.21 Å². The number of aromatic nitrogens is 1. The van der Waals surface area contributed by atoms with Gasteiger partial charge < -0.3 is 15.1 Å². The number of hydrogen-bond donors (Lipinski definition) is 2. The molecule has 0 spiro atoms. The lowest BCUT2D eigenvalue weighted by atomic mass is 9.95. The molecule has 1 aliphatic rings. The monoisotopic (exact) mass is 327 g/mol. The zero-order valence-corrected chi connectivity index (χ0v) is 14.3. The van der Waals surface area contributed by atoms with E-state index in [9.17, 15) is 4.79 Å². The average Bonchev–Trinajstić information content (AvgIpc) is 2.97. The number of rotatable bonds is 5. The minimum Gasteiger partial charge on any atom is -0.440 e. The molecule has 1 amide bonds. The fourth-order valence-corrected chi connectivity index (χ4v) is 3.10.